The van der Waals surface area contributed by atoms with Crippen LogP contribution in [0, 0.1) is 0 Å². The lowest BCUT2D eigenvalue weighted by molar-refractivity contribution is 0.284. The van der Waals surface area contributed by atoms with E-state index in [4.69, 9.17) is 9.47 Å². The molecule has 112 valence electrons. The van der Waals surface area contributed by atoms with Crippen molar-refractivity contribution in [2.24, 2.45) is 0 Å². The van der Waals surface area contributed by atoms with Crippen LogP contribution in [0.3, 0.4) is 0 Å². The van der Waals surface area contributed by atoms with Gasteiger partial charge in [-0.05, 0) is 25.0 Å². The number of aliphatic hydroxyl groups excluding tert-OH is 1. The number of para-hydroxylation sites is 2. The quantitative estimate of drug-likeness (QED) is 0.854. The van der Waals surface area contributed by atoms with Gasteiger partial charge in [0.1, 0.15) is 0 Å². The number of hydrogen-bond acceptors (Lipinski definition) is 5. The van der Waals surface area contributed by atoms with Gasteiger partial charge in [0, 0.05) is 12.3 Å². The first-order chi connectivity index (χ1) is 10.3. The highest BCUT2D eigenvalue weighted by Gasteiger charge is 2.29. The van der Waals surface area contributed by atoms with Gasteiger partial charge in [0.25, 0.3) is 0 Å². The van der Waals surface area contributed by atoms with Crippen molar-refractivity contribution in [3.8, 4) is 11.5 Å². The van der Waals surface area contributed by atoms with E-state index in [-0.39, 0.29) is 6.61 Å². The molecule has 0 radical (unpaired) electrons. The Morgan fingerprint density at radius 3 is 2.71 bits per heavy atom. The molecule has 1 aliphatic rings. The van der Waals surface area contributed by atoms with Crippen molar-refractivity contribution >= 4 is 11.3 Å². The van der Waals surface area contributed by atoms with Gasteiger partial charge in [-0.2, -0.15) is 0 Å². The molecule has 1 aliphatic carbocycles. The first-order valence-corrected chi connectivity index (χ1v) is 7.98. The zero-order valence-corrected chi connectivity index (χ0v) is 12.9. The van der Waals surface area contributed by atoms with Crippen molar-refractivity contribution < 1.29 is 14.6 Å². The topological polar surface area (TPSA) is 51.6 Å². The lowest BCUT2D eigenvalue weighted by Gasteiger charge is -2.09. The van der Waals surface area contributed by atoms with Crippen LogP contribution in [0.25, 0.3) is 0 Å². The molecule has 0 unspecified atom stereocenters. The summed E-state index contributed by atoms with van der Waals surface area (Å²) in [5, 5.41) is 10.4. The Bertz CT molecular complexity index is 607. The molecule has 2 aromatic rings. The van der Waals surface area contributed by atoms with Crippen LogP contribution < -0.4 is 9.47 Å². The van der Waals surface area contributed by atoms with Crippen LogP contribution in [-0.2, 0) is 13.0 Å². The normalized spacial score (nSPS) is 14.2. The average molecular weight is 305 g/mol. The number of ether oxygens (including phenoxy) is 2. The van der Waals surface area contributed by atoms with Crippen LogP contribution in [0.4, 0.5) is 0 Å². The summed E-state index contributed by atoms with van der Waals surface area (Å²) in [4.78, 5) is 5.68. The van der Waals surface area contributed by atoms with E-state index in [1.807, 2.05) is 24.3 Å². The first kappa shape index (κ1) is 14.4. The summed E-state index contributed by atoms with van der Waals surface area (Å²) in [5.41, 5.74) is 1.11. The van der Waals surface area contributed by atoms with E-state index in [2.05, 4.69) is 4.98 Å². The second kappa shape index (κ2) is 6.45. The maximum atomic E-state index is 9.40. The highest BCUT2D eigenvalue weighted by molar-refractivity contribution is 7.11. The van der Waals surface area contributed by atoms with Crippen molar-refractivity contribution in [2.45, 2.75) is 31.8 Å². The second-order valence-corrected chi connectivity index (χ2v) is 6.27. The Morgan fingerprint density at radius 1 is 1.29 bits per heavy atom. The summed E-state index contributed by atoms with van der Waals surface area (Å²) in [5.74, 6) is 2.07. The van der Waals surface area contributed by atoms with E-state index >= 15 is 0 Å². The number of hydrogen-bond donors (Lipinski definition) is 1. The summed E-state index contributed by atoms with van der Waals surface area (Å²) in [7, 11) is 1.64. The largest absolute Gasteiger partial charge is 0.493 e. The lowest BCUT2D eigenvalue weighted by Crippen LogP contribution is -2.02. The van der Waals surface area contributed by atoms with Gasteiger partial charge in [0.2, 0.25) is 0 Å². The highest BCUT2D eigenvalue weighted by Crippen LogP contribution is 2.42. The molecule has 1 heterocycles. The summed E-state index contributed by atoms with van der Waals surface area (Å²) in [6, 6.07) is 7.63. The Hall–Kier alpha value is -1.59. The van der Waals surface area contributed by atoms with Crippen LogP contribution in [-0.4, -0.2) is 23.8 Å². The summed E-state index contributed by atoms with van der Waals surface area (Å²) in [6.45, 7) is 0.653. The molecule has 1 aromatic carbocycles. The minimum Gasteiger partial charge on any atom is -0.493 e. The molecule has 0 aliphatic heterocycles. The minimum absolute atomic E-state index is 0.0941. The fourth-order valence-electron chi connectivity index (χ4n) is 2.30. The molecule has 0 spiro atoms. The predicted molar refractivity (Wildman–Crippen MR) is 82.2 cm³/mol. The first-order valence-electron chi connectivity index (χ1n) is 7.17. The van der Waals surface area contributed by atoms with E-state index < -0.39 is 0 Å². The Kier molecular flexibility index (Phi) is 4.41. The van der Waals surface area contributed by atoms with Crippen LogP contribution in [0.15, 0.2) is 24.3 Å². The number of thiazole rings is 1. The van der Waals surface area contributed by atoms with Crippen LogP contribution in [0.5, 0.6) is 11.5 Å². The zero-order chi connectivity index (χ0) is 14.7. The number of methoxy groups -OCH3 is 1. The Labute approximate surface area is 128 Å². The average Bonchev–Trinajstić information content (AvgIpc) is 3.28. The SMILES string of the molecule is COc1ccccc1OCCc1nc(C2CC2)c(CO)s1. The van der Waals surface area contributed by atoms with E-state index in [0.717, 1.165) is 33.5 Å². The van der Waals surface area contributed by atoms with Crippen LogP contribution >= 0.6 is 11.3 Å². The Morgan fingerprint density at radius 2 is 2.05 bits per heavy atom. The predicted octanol–water partition coefficient (Wildman–Crippen LogP) is 3.14. The van der Waals surface area contributed by atoms with Crippen LogP contribution in [0.1, 0.15) is 34.3 Å². The summed E-state index contributed by atoms with van der Waals surface area (Å²) < 4.78 is 11.0. The number of aliphatic hydroxyl groups is 1. The molecule has 0 amide bonds. The van der Waals surface area contributed by atoms with E-state index in [0.29, 0.717) is 12.5 Å². The van der Waals surface area contributed by atoms with Gasteiger partial charge in [-0.25, -0.2) is 4.98 Å². The van der Waals surface area contributed by atoms with Crippen molar-refractivity contribution in [2.75, 3.05) is 13.7 Å². The number of aromatic nitrogens is 1. The summed E-state index contributed by atoms with van der Waals surface area (Å²) in [6.07, 6.45) is 3.16. The van der Waals surface area contributed by atoms with Crippen molar-refractivity contribution in [1.29, 1.82) is 0 Å². The molecular formula is C16H19NO3S. The van der Waals surface area contributed by atoms with Gasteiger partial charge in [-0.3, -0.25) is 0 Å². The third kappa shape index (κ3) is 3.36. The number of rotatable bonds is 7. The molecule has 0 saturated heterocycles. The van der Waals surface area contributed by atoms with E-state index in [9.17, 15) is 5.11 Å². The number of benzene rings is 1. The fourth-order valence-corrected chi connectivity index (χ4v) is 3.29. The molecule has 0 atom stereocenters. The van der Waals surface area contributed by atoms with Gasteiger partial charge in [-0.15, -0.1) is 11.3 Å². The second-order valence-electron chi connectivity index (χ2n) is 5.10. The maximum absolute atomic E-state index is 9.40. The van der Waals surface area contributed by atoms with Crippen molar-refractivity contribution in [1.82, 2.24) is 4.98 Å². The van der Waals surface area contributed by atoms with Crippen molar-refractivity contribution in [3.05, 3.63) is 39.8 Å². The molecule has 21 heavy (non-hydrogen) atoms. The minimum atomic E-state index is 0.0941. The number of nitrogens with zero attached hydrogens (tertiary/aromatic N) is 1. The smallest absolute Gasteiger partial charge is 0.161 e. The van der Waals surface area contributed by atoms with E-state index in [1.54, 1.807) is 18.4 Å². The molecule has 4 nitrogen and oxygen atoms in total. The molecule has 1 saturated carbocycles. The van der Waals surface area contributed by atoms with Crippen molar-refractivity contribution in [3.63, 3.8) is 0 Å². The zero-order valence-electron chi connectivity index (χ0n) is 12.0. The monoisotopic (exact) mass is 305 g/mol. The molecule has 0 bridgehead atoms. The standard InChI is InChI=1S/C16H19NO3S/c1-19-12-4-2-3-5-13(12)20-9-8-15-17-16(11-6-7-11)14(10-18)21-15/h2-5,11,18H,6-10H2,1H3. The third-order valence-electron chi connectivity index (χ3n) is 3.52. The molecule has 1 aromatic heterocycles. The molecule has 5 heteroatoms. The highest BCUT2D eigenvalue weighted by atomic mass is 32.1. The molecule has 1 N–H and O–H groups in total. The Balaban J connectivity index is 1.60. The maximum Gasteiger partial charge on any atom is 0.161 e. The third-order valence-corrected chi connectivity index (χ3v) is 4.64. The van der Waals surface area contributed by atoms with Gasteiger partial charge < -0.3 is 14.6 Å². The molecule has 1 fully saturated rings. The lowest BCUT2D eigenvalue weighted by atomic mass is 10.2. The molecular weight excluding hydrogens is 286 g/mol. The van der Waals surface area contributed by atoms with Gasteiger partial charge in [-0.1, -0.05) is 12.1 Å². The molecule has 3 rings (SSSR count). The summed E-state index contributed by atoms with van der Waals surface area (Å²) >= 11 is 1.60. The van der Waals surface area contributed by atoms with Gasteiger partial charge in [0.15, 0.2) is 11.5 Å². The fraction of sp³-hybridized carbons (Fsp3) is 0.438. The van der Waals surface area contributed by atoms with E-state index in [1.165, 1.54) is 12.8 Å². The van der Waals surface area contributed by atoms with Gasteiger partial charge >= 0.3 is 0 Å². The van der Waals surface area contributed by atoms with Gasteiger partial charge in [0.05, 0.1) is 35.9 Å². The van der Waals surface area contributed by atoms with Crippen LogP contribution in [0.2, 0.25) is 0 Å².